The monoisotopic (exact) mass is 314 g/mol. The zero-order valence-corrected chi connectivity index (χ0v) is 13.6. The number of rotatable bonds is 4. The minimum absolute atomic E-state index is 0.300. The van der Waals surface area contributed by atoms with E-state index < -0.39 is 0 Å². The van der Waals surface area contributed by atoms with E-state index in [1.54, 1.807) is 18.3 Å². The zero-order chi connectivity index (χ0) is 16.2. The van der Waals surface area contributed by atoms with E-state index in [9.17, 15) is 4.79 Å². The van der Waals surface area contributed by atoms with Crippen LogP contribution in [0.4, 0.5) is 5.82 Å². The molecule has 23 heavy (non-hydrogen) atoms. The highest BCUT2D eigenvalue weighted by atomic mass is 16.5. The average molecular weight is 314 g/mol. The number of esters is 1. The van der Waals surface area contributed by atoms with Crippen molar-refractivity contribution in [2.24, 2.45) is 0 Å². The van der Waals surface area contributed by atoms with E-state index in [1.165, 1.54) is 0 Å². The van der Waals surface area contributed by atoms with Gasteiger partial charge in [-0.15, -0.1) is 0 Å². The fourth-order valence-electron chi connectivity index (χ4n) is 3.01. The molecule has 0 saturated carbocycles. The molecule has 1 saturated heterocycles. The van der Waals surface area contributed by atoms with E-state index in [4.69, 9.17) is 4.74 Å². The Morgan fingerprint density at radius 2 is 2.35 bits per heavy atom. The number of carbonyl (C=O) groups excluding carboxylic acids is 1. The number of pyridine rings is 1. The van der Waals surface area contributed by atoms with Crippen LogP contribution in [0.1, 0.15) is 41.7 Å². The van der Waals surface area contributed by atoms with Crippen molar-refractivity contribution in [1.29, 1.82) is 0 Å². The van der Waals surface area contributed by atoms with Crippen molar-refractivity contribution in [1.82, 2.24) is 14.8 Å². The Kier molecular flexibility index (Phi) is 4.60. The van der Waals surface area contributed by atoms with E-state index >= 15 is 0 Å². The second kappa shape index (κ2) is 6.81. The molecule has 1 aliphatic rings. The summed E-state index contributed by atoms with van der Waals surface area (Å²) in [7, 11) is 0. The van der Waals surface area contributed by atoms with Gasteiger partial charge in [0.1, 0.15) is 11.4 Å². The SMILES string of the molecule is CCOC(=O)c1cccnc1N1CCCC(n2cc(C)cn2)C1. The summed E-state index contributed by atoms with van der Waals surface area (Å²) in [6, 6.07) is 3.85. The summed E-state index contributed by atoms with van der Waals surface area (Å²) in [6.45, 7) is 5.90. The van der Waals surface area contributed by atoms with Crippen molar-refractivity contribution >= 4 is 11.8 Å². The Morgan fingerprint density at radius 1 is 1.48 bits per heavy atom. The van der Waals surface area contributed by atoms with Gasteiger partial charge in [0, 0.05) is 25.5 Å². The maximum atomic E-state index is 12.2. The molecule has 1 unspecified atom stereocenters. The van der Waals surface area contributed by atoms with Gasteiger partial charge in [0.2, 0.25) is 0 Å². The first-order valence-electron chi connectivity index (χ1n) is 8.07. The number of piperidine rings is 1. The molecule has 6 nitrogen and oxygen atoms in total. The summed E-state index contributed by atoms with van der Waals surface area (Å²) in [4.78, 5) is 18.8. The van der Waals surface area contributed by atoms with Gasteiger partial charge in [0.25, 0.3) is 0 Å². The molecular weight excluding hydrogens is 292 g/mol. The molecule has 0 N–H and O–H groups in total. The normalized spacial score (nSPS) is 18.0. The molecule has 1 atom stereocenters. The molecule has 0 spiro atoms. The molecule has 3 rings (SSSR count). The standard InChI is InChI=1S/C17H22N4O2/c1-3-23-17(22)15-7-4-8-18-16(15)20-9-5-6-14(12-20)21-11-13(2)10-19-21/h4,7-8,10-11,14H,3,5-6,9,12H2,1-2H3. The molecule has 3 heterocycles. The van der Waals surface area contributed by atoms with Crippen LogP contribution >= 0.6 is 0 Å². The highest BCUT2D eigenvalue weighted by Gasteiger charge is 2.26. The largest absolute Gasteiger partial charge is 0.462 e. The van der Waals surface area contributed by atoms with E-state index in [1.807, 2.05) is 24.7 Å². The molecule has 1 aliphatic heterocycles. The van der Waals surface area contributed by atoms with Crippen molar-refractivity contribution in [3.05, 3.63) is 41.9 Å². The van der Waals surface area contributed by atoms with Crippen LogP contribution in [0.2, 0.25) is 0 Å². The van der Waals surface area contributed by atoms with Crippen LogP contribution in [0.3, 0.4) is 0 Å². The molecule has 0 aliphatic carbocycles. The molecule has 0 bridgehead atoms. The Labute approximate surface area is 136 Å². The maximum absolute atomic E-state index is 12.2. The third-order valence-electron chi connectivity index (χ3n) is 4.08. The number of aromatic nitrogens is 3. The molecule has 0 radical (unpaired) electrons. The number of ether oxygens (including phenoxy) is 1. The van der Waals surface area contributed by atoms with Crippen molar-refractivity contribution in [2.45, 2.75) is 32.7 Å². The smallest absolute Gasteiger partial charge is 0.341 e. The van der Waals surface area contributed by atoms with Crippen molar-refractivity contribution < 1.29 is 9.53 Å². The first-order chi connectivity index (χ1) is 11.2. The van der Waals surface area contributed by atoms with Crippen molar-refractivity contribution in [3.63, 3.8) is 0 Å². The molecular formula is C17H22N4O2. The summed E-state index contributed by atoms with van der Waals surface area (Å²) in [6.07, 6.45) is 7.80. The molecule has 1 fully saturated rings. The molecule has 0 aromatic carbocycles. The maximum Gasteiger partial charge on any atom is 0.341 e. The van der Waals surface area contributed by atoms with Gasteiger partial charge in [-0.3, -0.25) is 4.68 Å². The van der Waals surface area contributed by atoms with Gasteiger partial charge >= 0.3 is 5.97 Å². The van der Waals surface area contributed by atoms with Gasteiger partial charge in [-0.2, -0.15) is 5.10 Å². The second-order valence-electron chi connectivity index (χ2n) is 5.83. The average Bonchev–Trinajstić information content (AvgIpc) is 3.02. The predicted octanol–water partition coefficient (Wildman–Crippen LogP) is 2.60. The van der Waals surface area contributed by atoms with Crippen LogP contribution in [0.5, 0.6) is 0 Å². The summed E-state index contributed by atoms with van der Waals surface area (Å²) < 4.78 is 7.17. The molecule has 0 amide bonds. The zero-order valence-electron chi connectivity index (χ0n) is 13.6. The lowest BCUT2D eigenvalue weighted by atomic mass is 10.1. The van der Waals surface area contributed by atoms with Crippen molar-refractivity contribution in [2.75, 3.05) is 24.6 Å². The van der Waals surface area contributed by atoms with Gasteiger partial charge in [-0.05, 0) is 44.4 Å². The van der Waals surface area contributed by atoms with Crippen LogP contribution in [-0.2, 0) is 4.74 Å². The predicted molar refractivity (Wildman–Crippen MR) is 87.6 cm³/mol. The van der Waals surface area contributed by atoms with Crippen molar-refractivity contribution in [3.8, 4) is 0 Å². The Balaban J connectivity index is 1.83. The lowest BCUT2D eigenvalue weighted by molar-refractivity contribution is 0.0526. The van der Waals surface area contributed by atoms with E-state index in [2.05, 4.69) is 21.2 Å². The first kappa shape index (κ1) is 15.5. The van der Waals surface area contributed by atoms with Gasteiger partial charge in [0.15, 0.2) is 0 Å². The lowest BCUT2D eigenvalue weighted by Crippen LogP contribution is -2.38. The second-order valence-corrected chi connectivity index (χ2v) is 5.83. The van der Waals surface area contributed by atoms with Crippen LogP contribution < -0.4 is 4.90 Å². The third kappa shape index (κ3) is 3.36. The Bertz CT molecular complexity index is 683. The van der Waals surface area contributed by atoms with Crippen LogP contribution in [0, 0.1) is 6.92 Å². The summed E-state index contributed by atoms with van der Waals surface area (Å²) in [5, 5.41) is 4.43. The summed E-state index contributed by atoms with van der Waals surface area (Å²) in [5.74, 6) is 0.396. The molecule has 2 aromatic rings. The fraction of sp³-hybridized carbons (Fsp3) is 0.471. The van der Waals surface area contributed by atoms with E-state index in [0.717, 1.165) is 31.5 Å². The minimum atomic E-state index is -0.312. The molecule has 122 valence electrons. The number of nitrogens with zero attached hydrogens (tertiary/aromatic N) is 4. The van der Waals surface area contributed by atoms with Crippen LogP contribution in [0.25, 0.3) is 0 Å². The fourth-order valence-corrected chi connectivity index (χ4v) is 3.01. The number of hydrogen-bond donors (Lipinski definition) is 0. The number of anilines is 1. The van der Waals surface area contributed by atoms with Gasteiger partial charge in [-0.25, -0.2) is 9.78 Å². The highest BCUT2D eigenvalue weighted by Crippen LogP contribution is 2.27. The Morgan fingerprint density at radius 3 is 3.09 bits per heavy atom. The number of aryl methyl sites for hydroxylation is 1. The van der Waals surface area contributed by atoms with E-state index in [0.29, 0.717) is 24.0 Å². The van der Waals surface area contributed by atoms with Gasteiger partial charge < -0.3 is 9.64 Å². The molecule has 6 heteroatoms. The lowest BCUT2D eigenvalue weighted by Gasteiger charge is -2.34. The topological polar surface area (TPSA) is 60.2 Å². The van der Waals surface area contributed by atoms with E-state index in [-0.39, 0.29) is 5.97 Å². The molecule has 2 aromatic heterocycles. The number of carbonyl (C=O) groups is 1. The minimum Gasteiger partial charge on any atom is -0.462 e. The van der Waals surface area contributed by atoms with Gasteiger partial charge in [-0.1, -0.05) is 0 Å². The number of hydrogen-bond acceptors (Lipinski definition) is 5. The summed E-state index contributed by atoms with van der Waals surface area (Å²) >= 11 is 0. The Hall–Kier alpha value is -2.37. The quantitative estimate of drug-likeness (QED) is 0.812. The van der Waals surface area contributed by atoms with Crippen LogP contribution in [-0.4, -0.2) is 40.4 Å². The highest BCUT2D eigenvalue weighted by molar-refractivity contribution is 5.94. The summed E-state index contributed by atoms with van der Waals surface area (Å²) in [5.41, 5.74) is 1.69. The third-order valence-corrected chi connectivity index (χ3v) is 4.08. The van der Waals surface area contributed by atoms with Gasteiger partial charge in [0.05, 0.1) is 18.8 Å². The first-order valence-corrected chi connectivity index (χ1v) is 8.07. The van der Waals surface area contributed by atoms with Crippen LogP contribution in [0.15, 0.2) is 30.7 Å².